The van der Waals surface area contributed by atoms with Gasteiger partial charge in [-0.25, -0.2) is 0 Å². The molecule has 5 rings (SSSR count). The number of amides is 1. The van der Waals surface area contributed by atoms with E-state index in [1.54, 1.807) is 18.9 Å². The molecule has 2 fully saturated rings. The van der Waals surface area contributed by atoms with E-state index in [0.29, 0.717) is 39.0 Å². The van der Waals surface area contributed by atoms with Gasteiger partial charge in [0, 0.05) is 16.8 Å². The highest BCUT2D eigenvalue weighted by Gasteiger charge is 2.43. The Morgan fingerprint density at radius 1 is 1.05 bits per heavy atom. The van der Waals surface area contributed by atoms with Crippen LogP contribution in [-0.4, -0.2) is 29.5 Å². The van der Waals surface area contributed by atoms with Gasteiger partial charge in [0.15, 0.2) is 17.0 Å². The molecule has 3 aromatic rings. The molecule has 5 nitrogen and oxygen atoms in total. The Balaban J connectivity index is 1.40. The van der Waals surface area contributed by atoms with Gasteiger partial charge in [-0.3, -0.25) is 4.79 Å². The van der Waals surface area contributed by atoms with Crippen molar-refractivity contribution >= 4 is 52.6 Å². The summed E-state index contributed by atoms with van der Waals surface area (Å²) in [7, 11) is 1.58. The summed E-state index contributed by atoms with van der Waals surface area (Å²) in [5.74, 6) is 1.47. The molecule has 1 aliphatic heterocycles. The van der Waals surface area contributed by atoms with Crippen molar-refractivity contribution < 1.29 is 14.3 Å². The Bertz CT molecular complexity index is 1330. The summed E-state index contributed by atoms with van der Waals surface area (Å²) in [6.45, 7) is 2.58. The van der Waals surface area contributed by atoms with Crippen LogP contribution < -0.4 is 14.8 Å². The maximum absolute atomic E-state index is 13.8. The van der Waals surface area contributed by atoms with E-state index in [4.69, 9.17) is 32.7 Å². The van der Waals surface area contributed by atoms with Gasteiger partial charge in [-0.2, -0.15) is 0 Å². The van der Waals surface area contributed by atoms with E-state index in [1.807, 2.05) is 72.8 Å². The van der Waals surface area contributed by atoms with E-state index in [9.17, 15) is 4.79 Å². The molecule has 39 heavy (non-hydrogen) atoms. The van der Waals surface area contributed by atoms with Gasteiger partial charge >= 0.3 is 0 Å². The lowest BCUT2D eigenvalue weighted by molar-refractivity contribution is -0.129. The van der Waals surface area contributed by atoms with E-state index >= 15 is 0 Å². The molecular formula is C31H32Cl2N2O3S. The van der Waals surface area contributed by atoms with E-state index in [1.165, 1.54) is 6.42 Å². The molecule has 1 amide bonds. The number of hydrogen-bond donors (Lipinski definition) is 1. The lowest BCUT2D eigenvalue weighted by Gasteiger charge is -2.39. The van der Waals surface area contributed by atoms with E-state index in [-0.39, 0.29) is 17.4 Å². The van der Waals surface area contributed by atoms with Crippen molar-refractivity contribution in [2.24, 2.45) is 5.92 Å². The first-order valence-corrected chi connectivity index (χ1v) is 14.8. The molecule has 1 saturated carbocycles. The summed E-state index contributed by atoms with van der Waals surface area (Å²) in [5.41, 5.74) is 2.55. The average Bonchev–Trinajstić information content (AvgIpc) is 3.23. The van der Waals surface area contributed by atoms with Crippen LogP contribution in [0.1, 0.15) is 43.7 Å². The smallest absolute Gasteiger partial charge is 0.262 e. The number of hydrogen-bond acceptors (Lipinski definition) is 5. The number of carbonyl (C=O) groups excluding carboxylic acids is 1. The highest BCUT2D eigenvalue weighted by molar-refractivity contribution is 8.05. The molecule has 1 heterocycles. The van der Waals surface area contributed by atoms with Crippen molar-refractivity contribution in [2.45, 2.75) is 50.8 Å². The normalized spacial score (nSPS) is 22.3. The molecule has 0 bridgehead atoms. The fraction of sp³-hybridized carbons (Fsp3) is 0.323. The minimum absolute atomic E-state index is 0.0466. The van der Waals surface area contributed by atoms with Crippen molar-refractivity contribution in [3.05, 3.63) is 92.8 Å². The second-order valence-corrected chi connectivity index (χ2v) is 11.9. The molecule has 3 atom stereocenters. The van der Waals surface area contributed by atoms with Gasteiger partial charge < -0.3 is 19.7 Å². The molecule has 1 unspecified atom stereocenters. The van der Waals surface area contributed by atoms with Gasteiger partial charge in [0.25, 0.3) is 5.91 Å². The maximum Gasteiger partial charge on any atom is 0.262 e. The number of methoxy groups -OCH3 is 1. The Morgan fingerprint density at radius 2 is 1.79 bits per heavy atom. The summed E-state index contributed by atoms with van der Waals surface area (Å²) in [5, 5.41) is 4.67. The van der Waals surface area contributed by atoms with E-state index in [0.717, 1.165) is 36.1 Å². The number of ether oxygens (including phenoxy) is 2. The van der Waals surface area contributed by atoms with E-state index in [2.05, 4.69) is 17.1 Å². The van der Waals surface area contributed by atoms with Crippen LogP contribution in [0, 0.1) is 5.92 Å². The Labute approximate surface area is 244 Å². The van der Waals surface area contributed by atoms with Gasteiger partial charge in [0.2, 0.25) is 0 Å². The predicted molar refractivity (Wildman–Crippen MR) is 161 cm³/mol. The zero-order valence-electron chi connectivity index (χ0n) is 22.0. The molecular weight excluding hydrogens is 551 g/mol. The topological polar surface area (TPSA) is 50.8 Å². The lowest BCUT2D eigenvalue weighted by Crippen LogP contribution is -2.48. The maximum atomic E-state index is 13.8. The van der Waals surface area contributed by atoms with Crippen LogP contribution in [0.15, 0.2) is 71.6 Å². The monoisotopic (exact) mass is 582 g/mol. The van der Waals surface area contributed by atoms with Gasteiger partial charge in [0.1, 0.15) is 6.61 Å². The Morgan fingerprint density at radius 3 is 2.51 bits per heavy atom. The second kappa shape index (κ2) is 12.6. The number of rotatable bonds is 8. The third kappa shape index (κ3) is 6.51. The van der Waals surface area contributed by atoms with Gasteiger partial charge in [-0.15, -0.1) is 0 Å². The first kappa shape index (κ1) is 27.8. The first-order chi connectivity index (χ1) is 18.9. The molecule has 1 saturated heterocycles. The number of anilines is 1. The summed E-state index contributed by atoms with van der Waals surface area (Å²) in [6, 6.07) is 21.4. The van der Waals surface area contributed by atoms with Crippen molar-refractivity contribution in [2.75, 3.05) is 12.4 Å². The second-order valence-electron chi connectivity index (χ2n) is 9.98. The molecule has 8 heteroatoms. The predicted octanol–water partition coefficient (Wildman–Crippen LogP) is 8.47. The number of para-hydroxylation sites is 1. The number of nitrogens with one attached hydrogen (secondary N) is 1. The average molecular weight is 584 g/mol. The van der Waals surface area contributed by atoms with Crippen LogP contribution in [0.4, 0.5) is 5.69 Å². The number of halogens is 2. The Hall–Kier alpha value is -2.80. The molecule has 0 radical (unpaired) electrons. The van der Waals surface area contributed by atoms with Crippen LogP contribution >= 0.6 is 35.0 Å². The highest BCUT2D eigenvalue weighted by atomic mass is 35.5. The number of benzene rings is 3. The largest absolute Gasteiger partial charge is 0.493 e. The van der Waals surface area contributed by atoms with Crippen LogP contribution in [0.2, 0.25) is 10.0 Å². The molecule has 2 aliphatic rings. The number of thioether (sulfide) groups is 1. The number of carbonyl (C=O) groups is 1. The van der Waals surface area contributed by atoms with Crippen LogP contribution in [0.25, 0.3) is 6.08 Å². The van der Waals surface area contributed by atoms with Gasteiger partial charge in [-0.1, -0.05) is 85.1 Å². The summed E-state index contributed by atoms with van der Waals surface area (Å²) >= 11 is 14.2. The van der Waals surface area contributed by atoms with Crippen LogP contribution in [-0.2, 0) is 11.4 Å². The van der Waals surface area contributed by atoms with Gasteiger partial charge in [0.05, 0.1) is 17.0 Å². The third-order valence-corrected chi connectivity index (χ3v) is 8.92. The highest BCUT2D eigenvalue weighted by Crippen LogP contribution is 2.43. The molecule has 204 valence electrons. The summed E-state index contributed by atoms with van der Waals surface area (Å²) in [6.07, 6.45) is 6.42. The molecule has 0 aromatic heterocycles. The van der Waals surface area contributed by atoms with Crippen molar-refractivity contribution in [3.8, 4) is 11.5 Å². The summed E-state index contributed by atoms with van der Waals surface area (Å²) < 4.78 is 11.6. The fourth-order valence-corrected chi connectivity index (χ4v) is 6.83. The van der Waals surface area contributed by atoms with Crippen LogP contribution in [0.3, 0.4) is 0 Å². The van der Waals surface area contributed by atoms with Crippen LogP contribution in [0.5, 0.6) is 11.5 Å². The van der Waals surface area contributed by atoms with Crippen molar-refractivity contribution in [1.82, 2.24) is 4.90 Å². The summed E-state index contributed by atoms with van der Waals surface area (Å²) in [4.78, 5) is 16.6. The zero-order valence-corrected chi connectivity index (χ0v) is 24.4. The number of nitrogens with zero attached hydrogens (tertiary/aromatic N) is 1. The Kier molecular flexibility index (Phi) is 8.96. The molecule has 3 aromatic carbocycles. The fourth-order valence-electron chi connectivity index (χ4n) is 5.22. The van der Waals surface area contributed by atoms with Crippen molar-refractivity contribution in [1.29, 1.82) is 0 Å². The van der Waals surface area contributed by atoms with Crippen molar-refractivity contribution in [3.63, 3.8) is 0 Å². The third-order valence-electron chi connectivity index (χ3n) is 7.27. The molecule has 1 N–H and O–H groups in total. The van der Waals surface area contributed by atoms with Gasteiger partial charge in [-0.05, 0) is 72.4 Å². The zero-order chi connectivity index (χ0) is 27.4. The minimum atomic E-state index is -0.184. The minimum Gasteiger partial charge on any atom is -0.493 e. The molecule has 0 spiro atoms. The van der Waals surface area contributed by atoms with E-state index < -0.39 is 0 Å². The first-order valence-electron chi connectivity index (χ1n) is 13.2. The quantitative estimate of drug-likeness (QED) is 0.270. The lowest BCUT2D eigenvalue weighted by atomic mass is 9.85. The standard InChI is InChI=1S/C31H32Cl2N2O3S/c1-20-8-6-7-11-26(20)35-30(36)28(39-31(35)34-24-9-4-3-5-10-24)18-22-16-25(33)29(27(17-22)37-2)38-19-21-12-14-23(32)15-13-21/h3-5,9-10,12-18,20,26,31,34H,6-8,11,19H2,1-2H3/b28-18-/t20-,26+,31?/m1/s1. The molecule has 1 aliphatic carbocycles. The SMILES string of the molecule is COc1cc(/C=C2\SC(Nc3ccccc3)N([C@H]3CCCC[C@H]3C)C2=O)cc(Cl)c1OCc1ccc(Cl)cc1.